The van der Waals surface area contributed by atoms with Crippen LogP contribution in [0.3, 0.4) is 0 Å². The Labute approximate surface area is 141 Å². The molecule has 1 aliphatic rings. The Morgan fingerprint density at radius 3 is 2.91 bits per heavy atom. The molecule has 1 saturated carbocycles. The molecule has 2 unspecified atom stereocenters. The molecule has 6 heteroatoms. The van der Waals surface area contributed by atoms with Gasteiger partial charge in [-0.3, -0.25) is 4.79 Å². The van der Waals surface area contributed by atoms with Crippen LogP contribution in [0.4, 0.5) is 5.69 Å². The number of halogens is 1. The third-order valence-corrected chi connectivity index (χ3v) is 4.57. The molecule has 0 aromatic heterocycles. The molecule has 2 N–H and O–H groups in total. The molecular weight excluding hydrogens is 314 g/mol. The van der Waals surface area contributed by atoms with Gasteiger partial charge in [-0.15, -0.1) is 0 Å². The number of aliphatic hydroxyl groups excluding tert-OH is 1. The van der Waals surface area contributed by atoms with Crippen LogP contribution in [-0.4, -0.2) is 42.2 Å². The van der Waals surface area contributed by atoms with Crippen molar-refractivity contribution in [3.8, 4) is 6.07 Å². The molecule has 0 saturated heterocycles. The van der Waals surface area contributed by atoms with E-state index in [2.05, 4.69) is 10.2 Å². The van der Waals surface area contributed by atoms with Gasteiger partial charge in [0.05, 0.1) is 16.7 Å². The van der Waals surface area contributed by atoms with E-state index in [1.807, 2.05) is 13.1 Å². The summed E-state index contributed by atoms with van der Waals surface area (Å²) in [6.45, 7) is 1.45. The first-order valence-electron chi connectivity index (χ1n) is 7.85. The molecule has 0 spiro atoms. The van der Waals surface area contributed by atoms with Gasteiger partial charge in [0.25, 0.3) is 0 Å². The molecular formula is C17H22ClN3O2. The highest BCUT2D eigenvalue weighted by Crippen LogP contribution is 2.26. The van der Waals surface area contributed by atoms with Crippen molar-refractivity contribution in [2.75, 3.05) is 25.5 Å². The van der Waals surface area contributed by atoms with Crippen molar-refractivity contribution >= 4 is 23.2 Å². The Kier molecular flexibility index (Phi) is 6.40. The van der Waals surface area contributed by atoms with Crippen molar-refractivity contribution in [3.63, 3.8) is 0 Å². The number of amides is 1. The minimum atomic E-state index is -0.202. The maximum absolute atomic E-state index is 12.0. The van der Waals surface area contributed by atoms with E-state index >= 15 is 0 Å². The van der Waals surface area contributed by atoms with Crippen LogP contribution in [0, 0.1) is 17.2 Å². The molecule has 0 bridgehead atoms. The van der Waals surface area contributed by atoms with E-state index < -0.39 is 0 Å². The minimum Gasteiger partial charge on any atom is -0.393 e. The number of hydrogen-bond acceptors (Lipinski definition) is 4. The van der Waals surface area contributed by atoms with Crippen molar-refractivity contribution in [3.05, 3.63) is 28.8 Å². The van der Waals surface area contributed by atoms with Crippen LogP contribution in [0.5, 0.6) is 0 Å². The zero-order valence-corrected chi connectivity index (χ0v) is 14.0. The number of nitriles is 1. The van der Waals surface area contributed by atoms with Crippen molar-refractivity contribution in [2.24, 2.45) is 5.92 Å². The summed E-state index contributed by atoms with van der Waals surface area (Å²) in [5.41, 5.74) is 0.979. The predicted molar refractivity (Wildman–Crippen MR) is 90.3 cm³/mol. The molecule has 2 rings (SSSR count). The van der Waals surface area contributed by atoms with E-state index in [1.54, 1.807) is 18.2 Å². The highest BCUT2D eigenvalue weighted by atomic mass is 35.5. The Hall–Kier alpha value is -1.61. The van der Waals surface area contributed by atoms with E-state index in [0.29, 0.717) is 35.2 Å². The third kappa shape index (κ3) is 5.21. The summed E-state index contributed by atoms with van der Waals surface area (Å²) < 4.78 is 0. The smallest absolute Gasteiger partial charge is 0.225 e. The zero-order chi connectivity index (χ0) is 16.8. The Morgan fingerprint density at radius 1 is 1.52 bits per heavy atom. The Bertz CT molecular complexity index is 600. The standard InChI is InChI=1S/C17H22ClN3O2/c1-21(11-13-3-2-4-16(13)22)8-7-17(23)20-14-6-5-12(10-19)15(18)9-14/h5-6,9,13,16,22H,2-4,7-8,11H2,1H3,(H,20,23). The van der Waals surface area contributed by atoms with Crippen LogP contribution in [0.15, 0.2) is 18.2 Å². The molecule has 0 heterocycles. The molecule has 23 heavy (non-hydrogen) atoms. The molecule has 5 nitrogen and oxygen atoms in total. The predicted octanol–water partition coefficient (Wildman–Crippen LogP) is 2.63. The summed E-state index contributed by atoms with van der Waals surface area (Å²) >= 11 is 5.94. The maximum Gasteiger partial charge on any atom is 0.225 e. The normalized spacial score (nSPS) is 20.5. The second kappa shape index (κ2) is 8.30. The number of anilines is 1. The van der Waals surface area contributed by atoms with Gasteiger partial charge in [-0.25, -0.2) is 0 Å². The fourth-order valence-corrected chi connectivity index (χ4v) is 3.14. The van der Waals surface area contributed by atoms with Crippen LogP contribution < -0.4 is 5.32 Å². The lowest BCUT2D eigenvalue weighted by Crippen LogP contribution is -2.32. The number of benzene rings is 1. The molecule has 1 aromatic rings. The largest absolute Gasteiger partial charge is 0.393 e. The molecule has 0 radical (unpaired) electrons. The monoisotopic (exact) mass is 335 g/mol. The zero-order valence-electron chi connectivity index (χ0n) is 13.3. The van der Waals surface area contributed by atoms with Gasteiger partial charge in [0, 0.05) is 25.2 Å². The third-order valence-electron chi connectivity index (χ3n) is 4.26. The van der Waals surface area contributed by atoms with Gasteiger partial charge >= 0.3 is 0 Å². The summed E-state index contributed by atoms with van der Waals surface area (Å²) in [5, 5.41) is 21.8. The number of rotatable bonds is 6. The molecule has 124 valence electrons. The van der Waals surface area contributed by atoms with Crippen molar-refractivity contribution in [1.29, 1.82) is 5.26 Å². The van der Waals surface area contributed by atoms with Crippen LogP contribution in [0.25, 0.3) is 0 Å². The molecule has 1 amide bonds. The van der Waals surface area contributed by atoms with Gasteiger partial charge < -0.3 is 15.3 Å². The lowest BCUT2D eigenvalue weighted by atomic mass is 10.1. The SMILES string of the molecule is CN(CCC(=O)Nc1ccc(C#N)c(Cl)c1)CC1CCCC1O. The van der Waals surface area contributed by atoms with Crippen molar-refractivity contribution in [1.82, 2.24) is 4.90 Å². The van der Waals surface area contributed by atoms with E-state index in [9.17, 15) is 9.90 Å². The minimum absolute atomic E-state index is 0.0930. The van der Waals surface area contributed by atoms with E-state index in [4.69, 9.17) is 16.9 Å². The van der Waals surface area contributed by atoms with Gasteiger partial charge in [-0.05, 0) is 44.0 Å². The first-order valence-corrected chi connectivity index (χ1v) is 8.23. The van der Waals surface area contributed by atoms with E-state index in [-0.39, 0.29) is 12.0 Å². The van der Waals surface area contributed by atoms with Gasteiger partial charge in [-0.2, -0.15) is 5.26 Å². The fourth-order valence-electron chi connectivity index (χ4n) is 2.92. The van der Waals surface area contributed by atoms with Crippen LogP contribution in [0.2, 0.25) is 5.02 Å². The van der Waals surface area contributed by atoms with E-state index in [0.717, 1.165) is 25.8 Å². The van der Waals surface area contributed by atoms with E-state index in [1.165, 1.54) is 0 Å². The summed E-state index contributed by atoms with van der Waals surface area (Å²) in [5.74, 6) is 0.227. The second-order valence-corrected chi connectivity index (χ2v) is 6.53. The van der Waals surface area contributed by atoms with Crippen LogP contribution in [0.1, 0.15) is 31.2 Å². The molecule has 1 aromatic carbocycles. The molecule has 2 atom stereocenters. The summed E-state index contributed by atoms with van der Waals surface area (Å²) in [6, 6.07) is 6.82. The van der Waals surface area contributed by atoms with Crippen LogP contribution >= 0.6 is 11.6 Å². The Morgan fingerprint density at radius 2 is 2.30 bits per heavy atom. The number of hydrogen-bond donors (Lipinski definition) is 2. The van der Waals surface area contributed by atoms with Crippen molar-refractivity contribution in [2.45, 2.75) is 31.8 Å². The molecule has 0 aliphatic heterocycles. The highest BCUT2D eigenvalue weighted by molar-refractivity contribution is 6.32. The van der Waals surface area contributed by atoms with Crippen LogP contribution in [-0.2, 0) is 4.79 Å². The van der Waals surface area contributed by atoms with Crippen molar-refractivity contribution < 1.29 is 9.90 Å². The lowest BCUT2D eigenvalue weighted by molar-refractivity contribution is -0.116. The number of aliphatic hydroxyl groups is 1. The van der Waals surface area contributed by atoms with Gasteiger partial charge in [0.15, 0.2) is 0 Å². The maximum atomic E-state index is 12.0. The molecule has 1 fully saturated rings. The van der Waals surface area contributed by atoms with Gasteiger partial charge in [0.2, 0.25) is 5.91 Å². The number of carbonyl (C=O) groups is 1. The quantitative estimate of drug-likeness (QED) is 0.838. The first kappa shape index (κ1) is 17.7. The summed E-state index contributed by atoms with van der Waals surface area (Å²) in [4.78, 5) is 14.1. The average molecular weight is 336 g/mol. The second-order valence-electron chi connectivity index (χ2n) is 6.13. The van der Waals surface area contributed by atoms with Gasteiger partial charge in [-0.1, -0.05) is 18.0 Å². The Balaban J connectivity index is 1.76. The van der Waals surface area contributed by atoms with Gasteiger partial charge in [0.1, 0.15) is 6.07 Å². The first-order chi connectivity index (χ1) is 11.0. The summed E-state index contributed by atoms with van der Waals surface area (Å²) in [6.07, 6.45) is 3.20. The number of nitrogens with one attached hydrogen (secondary N) is 1. The fraction of sp³-hybridized carbons (Fsp3) is 0.529. The summed E-state index contributed by atoms with van der Waals surface area (Å²) in [7, 11) is 1.97. The number of nitrogens with zero attached hydrogens (tertiary/aromatic N) is 2. The molecule has 1 aliphatic carbocycles. The lowest BCUT2D eigenvalue weighted by Gasteiger charge is -2.22. The highest BCUT2D eigenvalue weighted by Gasteiger charge is 2.26. The average Bonchev–Trinajstić information content (AvgIpc) is 2.90. The number of carbonyl (C=O) groups excluding carboxylic acids is 1. The topological polar surface area (TPSA) is 76.4 Å².